The SMILES string of the molecule is c1ccc2c(c1)nnn2C(=NC1CC1)C1CC1. The molecule has 0 saturated heterocycles. The zero-order chi connectivity index (χ0) is 11.2. The smallest absolute Gasteiger partial charge is 0.130 e. The van der Waals surface area contributed by atoms with Crippen LogP contribution in [0.15, 0.2) is 29.3 Å². The van der Waals surface area contributed by atoms with Gasteiger partial charge in [0.15, 0.2) is 0 Å². The summed E-state index contributed by atoms with van der Waals surface area (Å²) < 4.78 is 1.95. The van der Waals surface area contributed by atoms with Crippen molar-refractivity contribution in [1.82, 2.24) is 15.0 Å². The van der Waals surface area contributed by atoms with Crippen LogP contribution in [0.25, 0.3) is 11.0 Å². The van der Waals surface area contributed by atoms with E-state index >= 15 is 0 Å². The summed E-state index contributed by atoms with van der Waals surface area (Å²) in [5, 5.41) is 8.48. The first-order valence-corrected chi connectivity index (χ1v) is 6.30. The third-order valence-electron chi connectivity index (χ3n) is 3.37. The Morgan fingerprint density at radius 1 is 1.18 bits per heavy atom. The maximum absolute atomic E-state index is 4.82. The summed E-state index contributed by atoms with van der Waals surface area (Å²) in [6, 6.07) is 8.65. The standard InChI is InChI=1S/C13H14N4/c1-2-4-12-11(3-1)15-16-17(12)13(9-5-6-9)14-10-7-8-10/h1-4,9-10H,5-8H2. The van der Waals surface area contributed by atoms with Crippen LogP contribution in [0.4, 0.5) is 0 Å². The Morgan fingerprint density at radius 2 is 2.00 bits per heavy atom. The molecule has 86 valence electrons. The Balaban J connectivity index is 1.85. The highest BCUT2D eigenvalue weighted by Crippen LogP contribution is 2.34. The third-order valence-corrected chi connectivity index (χ3v) is 3.37. The Morgan fingerprint density at radius 3 is 2.76 bits per heavy atom. The van der Waals surface area contributed by atoms with Crippen molar-refractivity contribution in [2.45, 2.75) is 31.7 Å². The average molecular weight is 226 g/mol. The van der Waals surface area contributed by atoms with E-state index in [0.717, 1.165) is 16.9 Å². The van der Waals surface area contributed by atoms with Crippen LogP contribution in [0.1, 0.15) is 25.7 Å². The van der Waals surface area contributed by atoms with Gasteiger partial charge in [-0.2, -0.15) is 4.68 Å². The number of hydrogen-bond acceptors (Lipinski definition) is 3. The number of aliphatic imine (C=N–C) groups is 1. The van der Waals surface area contributed by atoms with Crippen LogP contribution < -0.4 is 0 Å². The first-order chi connectivity index (χ1) is 8.42. The molecule has 0 bridgehead atoms. The summed E-state index contributed by atoms with van der Waals surface area (Å²) in [6.45, 7) is 0. The molecule has 0 spiro atoms. The molecule has 1 heterocycles. The first kappa shape index (κ1) is 9.33. The molecular weight excluding hydrogens is 212 g/mol. The molecule has 4 rings (SSSR count). The number of fused-ring (bicyclic) bond motifs is 1. The second-order valence-electron chi connectivity index (χ2n) is 4.98. The molecule has 0 N–H and O–H groups in total. The average Bonchev–Trinajstić information content (AvgIpc) is 3.24. The van der Waals surface area contributed by atoms with Crippen LogP contribution in [-0.4, -0.2) is 26.9 Å². The van der Waals surface area contributed by atoms with Gasteiger partial charge in [0, 0.05) is 5.92 Å². The molecule has 0 radical (unpaired) electrons. The van der Waals surface area contributed by atoms with E-state index in [2.05, 4.69) is 16.4 Å². The van der Waals surface area contributed by atoms with Crippen molar-refractivity contribution in [2.24, 2.45) is 10.9 Å². The van der Waals surface area contributed by atoms with Crippen LogP contribution in [0.2, 0.25) is 0 Å². The van der Waals surface area contributed by atoms with Crippen molar-refractivity contribution in [2.75, 3.05) is 0 Å². The summed E-state index contributed by atoms with van der Waals surface area (Å²) in [5.41, 5.74) is 2.04. The van der Waals surface area contributed by atoms with E-state index in [9.17, 15) is 0 Å². The number of rotatable bonds is 2. The molecule has 0 atom stereocenters. The minimum atomic E-state index is 0.550. The molecule has 1 aromatic carbocycles. The topological polar surface area (TPSA) is 43.1 Å². The molecule has 17 heavy (non-hydrogen) atoms. The van der Waals surface area contributed by atoms with Crippen molar-refractivity contribution in [1.29, 1.82) is 0 Å². The fourth-order valence-electron chi connectivity index (χ4n) is 2.10. The summed E-state index contributed by atoms with van der Waals surface area (Å²) in [7, 11) is 0. The van der Waals surface area contributed by atoms with Gasteiger partial charge >= 0.3 is 0 Å². The van der Waals surface area contributed by atoms with Gasteiger partial charge in [0.25, 0.3) is 0 Å². The van der Waals surface area contributed by atoms with E-state index in [0.29, 0.717) is 12.0 Å². The lowest BCUT2D eigenvalue weighted by molar-refractivity contribution is 0.818. The molecule has 0 amide bonds. The normalized spacial score (nSPS) is 21.1. The molecular formula is C13H14N4. The van der Waals surface area contributed by atoms with Gasteiger partial charge in [0.1, 0.15) is 11.4 Å². The zero-order valence-corrected chi connectivity index (χ0v) is 9.58. The predicted octanol–water partition coefficient (Wildman–Crippen LogP) is 2.25. The summed E-state index contributed by atoms with van der Waals surface area (Å²) in [5.74, 6) is 1.75. The van der Waals surface area contributed by atoms with E-state index in [4.69, 9.17) is 4.99 Å². The lowest BCUT2D eigenvalue weighted by atomic mass is 10.3. The van der Waals surface area contributed by atoms with Crippen molar-refractivity contribution in [3.05, 3.63) is 24.3 Å². The summed E-state index contributed by atoms with van der Waals surface area (Å²) in [6.07, 6.45) is 4.98. The molecule has 1 aromatic heterocycles. The van der Waals surface area contributed by atoms with Crippen molar-refractivity contribution in [3.8, 4) is 0 Å². The van der Waals surface area contributed by atoms with Crippen LogP contribution in [-0.2, 0) is 0 Å². The van der Waals surface area contributed by atoms with Gasteiger partial charge in [-0.15, -0.1) is 5.10 Å². The summed E-state index contributed by atoms with van der Waals surface area (Å²) >= 11 is 0. The van der Waals surface area contributed by atoms with E-state index in [-0.39, 0.29) is 0 Å². The number of hydrogen-bond donors (Lipinski definition) is 0. The fourth-order valence-corrected chi connectivity index (χ4v) is 2.10. The molecule has 2 fully saturated rings. The second-order valence-corrected chi connectivity index (χ2v) is 4.98. The van der Waals surface area contributed by atoms with Gasteiger partial charge in [-0.3, -0.25) is 4.99 Å². The van der Waals surface area contributed by atoms with E-state index in [1.165, 1.54) is 25.7 Å². The Bertz CT molecular complexity index is 590. The van der Waals surface area contributed by atoms with Crippen molar-refractivity contribution in [3.63, 3.8) is 0 Å². The zero-order valence-electron chi connectivity index (χ0n) is 9.58. The Hall–Kier alpha value is -1.71. The van der Waals surface area contributed by atoms with E-state index in [1.54, 1.807) is 0 Å². The van der Waals surface area contributed by atoms with Crippen LogP contribution in [0.5, 0.6) is 0 Å². The van der Waals surface area contributed by atoms with Crippen molar-refractivity contribution >= 4 is 16.9 Å². The molecule has 4 nitrogen and oxygen atoms in total. The first-order valence-electron chi connectivity index (χ1n) is 6.30. The number of benzene rings is 1. The van der Waals surface area contributed by atoms with Crippen LogP contribution in [0.3, 0.4) is 0 Å². The Kier molecular flexibility index (Phi) is 1.86. The molecule has 0 aliphatic heterocycles. The molecule has 2 saturated carbocycles. The maximum atomic E-state index is 4.82. The molecule has 0 unspecified atom stereocenters. The highest BCUT2D eigenvalue weighted by molar-refractivity contribution is 5.95. The summed E-state index contributed by atoms with van der Waals surface area (Å²) in [4.78, 5) is 4.82. The lowest BCUT2D eigenvalue weighted by Crippen LogP contribution is -2.16. The maximum Gasteiger partial charge on any atom is 0.130 e. The van der Waals surface area contributed by atoms with E-state index < -0.39 is 0 Å². The van der Waals surface area contributed by atoms with Gasteiger partial charge in [-0.25, -0.2) is 0 Å². The van der Waals surface area contributed by atoms with Gasteiger partial charge in [-0.05, 0) is 37.8 Å². The highest BCUT2D eigenvalue weighted by Gasteiger charge is 2.33. The highest BCUT2D eigenvalue weighted by atomic mass is 15.4. The van der Waals surface area contributed by atoms with Gasteiger partial charge in [0.2, 0.25) is 0 Å². The molecule has 2 aromatic rings. The molecule has 2 aliphatic carbocycles. The minimum absolute atomic E-state index is 0.550. The number of aromatic nitrogens is 3. The second kappa shape index (κ2) is 3.39. The van der Waals surface area contributed by atoms with Crippen LogP contribution in [0, 0.1) is 5.92 Å². The number of nitrogens with zero attached hydrogens (tertiary/aromatic N) is 4. The minimum Gasteiger partial charge on any atom is -0.267 e. The molecule has 2 aliphatic rings. The quantitative estimate of drug-likeness (QED) is 0.582. The Labute approximate surface area is 99.3 Å². The molecule has 4 heteroatoms. The van der Waals surface area contributed by atoms with Crippen LogP contribution >= 0.6 is 0 Å². The van der Waals surface area contributed by atoms with Gasteiger partial charge in [0.05, 0.1) is 11.6 Å². The van der Waals surface area contributed by atoms with Gasteiger partial charge < -0.3 is 0 Å². The van der Waals surface area contributed by atoms with E-state index in [1.807, 2.05) is 22.9 Å². The largest absolute Gasteiger partial charge is 0.267 e. The number of para-hydroxylation sites is 1. The van der Waals surface area contributed by atoms with Gasteiger partial charge in [-0.1, -0.05) is 17.3 Å². The van der Waals surface area contributed by atoms with Crippen molar-refractivity contribution < 1.29 is 0 Å². The predicted molar refractivity (Wildman–Crippen MR) is 66.1 cm³/mol. The third kappa shape index (κ3) is 1.64. The fraction of sp³-hybridized carbons (Fsp3) is 0.462. The lowest BCUT2D eigenvalue weighted by Gasteiger charge is -2.05. The monoisotopic (exact) mass is 226 g/mol.